The van der Waals surface area contributed by atoms with Crippen molar-refractivity contribution in [3.05, 3.63) is 42.6 Å². The maximum Gasteiger partial charge on any atom is 0.324 e. The van der Waals surface area contributed by atoms with Crippen molar-refractivity contribution in [3.8, 4) is 11.8 Å². The molecule has 0 aliphatic rings. The number of benzene rings is 2. The van der Waals surface area contributed by atoms with Gasteiger partial charge in [0, 0.05) is 0 Å². The van der Waals surface area contributed by atoms with Gasteiger partial charge in [0.15, 0.2) is 5.82 Å². The van der Waals surface area contributed by atoms with E-state index in [1.54, 1.807) is 6.07 Å². The molecule has 0 fully saturated rings. The summed E-state index contributed by atoms with van der Waals surface area (Å²) in [6, 6.07) is 10.7. The summed E-state index contributed by atoms with van der Waals surface area (Å²) in [5, 5.41) is 1.88. The van der Waals surface area contributed by atoms with Gasteiger partial charge >= 0.3 is 12.0 Å². The first kappa shape index (κ1) is 16.3. The van der Waals surface area contributed by atoms with Gasteiger partial charge < -0.3 is 20.9 Å². The van der Waals surface area contributed by atoms with Gasteiger partial charge in [0.1, 0.15) is 11.4 Å². The Morgan fingerprint density at radius 2 is 1.76 bits per heavy atom. The fraction of sp³-hybridized carbons (Fsp3) is 0.118. The number of urea groups is 1. The molecule has 1 aromatic heterocycles. The molecule has 3 rings (SSSR count). The van der Waals surface area contributed by atoms with Crippen LogP contribution in [0.4, 0.5) is 22.0 Å². The van der Waals surface area contributed by atoms with Gasteiger partial charge in [-0.1, -0.05) is 24.3 Å². The van der Waals surface area contributed by atoms with Crippen LogP contribution in [0.5, 0.6) is 11.8 Å². The zero-order chi connectivity index (χ0) is 18.0. The number of methoxy groups -OCH3 is 2. The van der Waals surface area contributed by atoms with Gasteiger partial charge in [0.2, 0.25) is 0 Å². The molecule has 128 valence electrons. The van der Waals surface area contributed by atoms with E-state index in [2.05, 4.69) is 9.97 Å². The highest BCUT2D eigenvalue weighted by molar-refractivity contribution is 6.04. The van der Waals surface area contributed by atoms with Crippen LogP contribution in [0.1, 0.15) is 0 Å². The molecule has 0 saturated carbocycles. The molecule has 0 unspecified atom stereocenters. The molecule has 0 bridgehead atoms. The third kappa shape index (κ3) is 2.97. The van der Waals surface area contributed by atoms with Crippen molar-refractivity contribution in [2.45, 2.75) is 0 Å². The summed E-state index contributed by atoms with van der Waals surface area (Å²) in [6.07, 6.45) is 1.38. The second kappa shape index (κ2) is 6.52. The molecule has 8 nitrogen and oxygen atoms in total. The predicted octanol–water partition coefficient (Wildman–Crippen LogP) is 2.45. The molecule has 0 atom stereocenters. The molecule has 1 heterocycles. The second-order valence-electron chi connectivity index (χ2n) is 5.17. The van der Waals surface area contributed by atoms with E-state index >= 15 is 0 Å². The number of aromatic nitrogens is 2. The van der Waals surface area contributed by atoms with Gasteiger partial charge in [0.25, 0.3) is 0 Å². The summed E-state index contributed by atoms with van der Waals surface area (Å²) in [7, 11) is 2.94. The summed E-state index contributed by atoms with van der Waals surface area (Å²) in [4.78, 5) is 21.4. The van der Waals surface area contributed by atoms with Gasteiger partial charge in [-0.2, -0.15) is 4.98 Å². The molecule has 2 aromatic carbocycles. The number of nitrogens with zero attached hydrogens (tertiary/aromatic N) is 3. The van der Waals surface area contributed by atoms with Crippen LogP contribution in [0.3, 0.4) is 0 Å². The molecule has 25 heavy (non-hydrogen) atoms. The lowest BCUT2D eigenvalue weighted by molar-refractivity contribution is 0.256. The van der Waals surface area contributed by atoms with Crippen molar-refractivity contribution in [1.82, 2.24) is 9.97 Å². The van der Waals surface area contributed by atoms with E-state index in [4.69, 9.17) is 20.9 Å². The van der Waals surface area contributed by atoms with Crippen LogP contribution in [0.15, 0.2) is 42.6 Å². The molecule has 2 amide bonds. The molecule has 8 heteroatoms. The number of hydrogen-bond acceptors (Lipinski definition) is 6. The third-order valence-electron chi connectivity index (χ3n) is 3.71. The number of carbonyl (C=O) groups is 1. The quantitative estimate of drug-likeness (QED) is 0.754. The Balaban J connectivity index is 2.22. The Kier molecular flexibility index (Phi) is 4.25. The van der Waals surface area contributed by atoms with Gasteiger partial charge in [-0.25, -0.2) is 9.78 Å². The normalized spacial score (nSPS) is 10.5. The van der Waals surface area contributed by atoms with Crippen molar-refractivity contribution in [2.75, 3.05) is 24.9 Å². The molecular weight excluding hydrogens is 322 g/mol. The number of nitrogens with two attached hydrogens (primary N) is 2. The highest BCUT2D eigenvalue weighted by Gasteiger charge is 2.23. The van der Waals surface area contributed by atoms with Crippen molar-refractivity contribution >= 4 is 34.0 Å². The highest BCUT2D eigenvalue weighted by Crippen LogP contribution is 2.38. The molecule has 0 spiro atoms. The number of fused-ring (bicyclic) bond motifs is 1. The number of anilines is 3. The van der Waals surface area contributed by atoms with Gasteiger partial charge in [0.05, 0.1) is 26.1 Å². The van der Waals surface area contributed by atoms with Gasteiger partial charge in [-0.3, -0.25) is 4.90 Å². The lowest BCUT2D eigenvalue weighted by Gasteiger charge is -2.23. The predicted molar refractivity (Wildman–Crippen MR) is 95.2 cm³/mol. The minimum absolute atomic E-state index is 0.0564. The van der Waals surface area contributed by atoms with Gasteiger partial charge in [-0.05, 0) is 22.9 Å². The van der Waals surface area contributed by atoms with Crippen molar-refractivity contribution in [1.29, 1.82) is 0 Å². The molecule has 0 radical (unpaired) electrons. The zero-order valence-electron chi connectivity index (χ0n) is 13.8. The minimum Gasteiger partial charge on any atom is -0.495 e. The van der Waals surface area contributed by atoms with E-state index in [0.717, 1.165) is 10.8 Å². The average molecular weight is 339 g/mol. The molecule has 3 aromatic rings. The molecule has 0 saturated heterocycles. The van der Waals surface area contributed by atoms with E-state index in [1.807, 2.05) is 30.3 Å². The number of primary amides is 1. The van der Waals surface area contributed by atoms with Crippen molar-refractivity contribution in [3.63, 3.8) is 0 Å². The Hall–Kier alpha value is -3.55. The summed E-state index contributed by atoms with van der Waals surface area (Å²) in [5.41, 5.74) is 12.2. The zero-order valence-corrected chi connectivity index (χ0v) is 13.8. The number of carbonyl (C=O) groups excluding carboxylic acids is 1. The molecular formula is C17H17N5O3. The van der Waals surface area contributed by atoms with E-state index < -0.39 is 6.03 Å². The minimum atomic E-state index is -0.742. The smallest absolute Gasteiger partial charge is 0.324 e. The first-order valence-corrected chi connectivity index (χ1v) is 7.38. The van der Waals surface area contributed by atoms with E-state index in [0.29, 0.717) is 11.4 Å². The maximum absolute atomic E-state index is 12.2. The van der Waals surface area contributed by atoms with Crippen LogP contribution in [0.25, 0.3) is 10.8 Å². The highest BCUT2D eigenvalue weighted by atomic mass is 16.5. The van der Waals surface area contributed by atoms with Crippen LogP contribution < -0.4 is 25.8 Å². The Bertz CT molecular complexity index is 945. The topological polar surface area (TPSA) is 117 Å². The van der Waals surface area contributed by atoms with Crippen LogP contribution in [0, 0.1) is 0 Å². The number of nitrogen functional groups attached to an aromatic ring is 1. The Labute approximate surface area is 144 Å². The molecule has 0 aliphatic carbocycles. The monoisotopic (exact) mass is 339 g/mol. The van der Waals surface area contributed by atoms with Crippen LogP contribution in [0.2, 0.25) is 0 Å². The Morgan fingerprint density at radius 3 is 2.32 bits per heavy atom. The lowest BCUT2D eigenvalue weighted by Crippen LogP contribution is -2.32. The van der Waals surface area contributed by atoms with Crippen molar-refractivity contribution in [2.24, 2.45) is 5.73 Å². The fourth-order valence-electron chi connectivity index (χ4n) is 2.56. The first-order valence-electron chi connectivity index (χ1n) is 7.38. The van der Waals surface area contributed by atoms with E-state index in [9.17, 15) is 4.79 Å². The average Bonchev–Trinajstić information content (AvgIpc) is 2.62. The standard InChI is InChI=1S/C17H17N5O3/c1-24-14-8-11-6-4-3-5-10(11)7-12(14)22(16(19)23)13-9-20-17(25-2)21-15(13)18/h3-9H,1-2H3,(H2,19,23)(H2,18,20,21). The van der Waals surface area contributed by atoms with Crippen LogP contribution >= 0.6 is 0 Å². The van der Waals surface area contributed by atoms with Gasteiger partial charge in [-0.15, -0.1) is 0 Å². The van der Waals surface area contributed by atoms with Crippen LogP contribution in [-0.2, 0) is 0 Å². The molecule has 4 N–H and O–H groups in total. The van der Waals surface area contributed by atoms with E-state index in [1.165, 1.54) is 25.3 Å². The number of amides is 2. The first-order chi connectivity index (χ1) is 12.0. The summed E-state index contributed by atoms with van der Waals surface area (Å²) in [6.45, 7) is 0. The third-order valence-corrected chi connectivity index (χ3v) is 3.71. The lowest BCUT2D eigenvalue weighted by atomic mass is 10.1. The summed E-state index contributed by atoms with van der Waals surface area (Å²) < 4.78 is 10.4. The SMILES string of the molecule is COc1ncc(N(C(N)=O)c2cc3ccccc3cc2OC)c(N)n1. The second-order valence-corrected chi connectivity index (χ2v) is 5.17. The number of ether oxygens (including phenoxy) is 2. The molecule has 0 aliphatic heterocycles. The van der Waals surface area contributed by atoms with E-state index in [-0.39, 0.29) is 17.5 Å². The largest absolute Gasteiger partial charge is 0.495 e. The maximum atomic E-state index is 12.2. The summed E-state index contributed by atoms with van der Waals surface area (Å²) >= 11 is 0. The number of hydrogen-bond donors (Lipinski definition) is 2. The van der Waals surface area contributed by atoms with Crippen molar-refractivity contribution < 1.29 is 14.3 Å². The van der Waals surface area contributed by atoms with Crippen LogP contribution in [-0.4, -0.2) is 30.2 Å². The Morgan fingerprint density at radius 1 is 1.08 bits per heavy atom. The number of rotatable bonds is 4. The summed E-state index contributed by atoms with van der Waals surface area (Å²) in [5.74, 6) is 0.522. The fourth-order valence-corrected chi connectivity index (χ4v) is 2.56.